The van der Waals surface area contributed by atoms with E-state index in [0.717, 1.165) is 30.9 Å². The SMILES string of the molecule is O=C(C1CCC(Cc2ccc(CCO)c(F)c2)CC1)N1OCC[C@H]1c1cc(F)cc(F)c1. The van der Waals surface area contributed by atoms with Gasteiger partial charge in [-0.1, -0.05) is 12.1 Å². The number of hydroxylamine groups is 2. The molecule has 0 aromatic heterocycles. The molecule has 1 atom stereocenters. The Balaban J connectivity index is 1.34. The van der Waals surface area contributed by atoms with Gasteiger partial charge in [-0.3, -0.25) is 9.63 Å². The minimum atomic E-state index is -0.666. The first-order valence-electron chi connectivity index (χ1n) is 11.2. The van der Waals surface area contributed by atoms with Gasteiger partial charge in [-0.05, 0) is 79.3 Å². The van der Waals surface area contributed by atoms with Gasteiger partial charge in [-0.25, -0.2) is 18.2 Å². The Hall–Kier alpha value is -2.38. The summed E-state index contributed by atoms with van der Waals surface area (Å²) in [4.78, 5) is 18.7. The van der Waals surface area contributed by atoms with Gasteiger partial charge >= 0.3 is 0 Å². The van der Waals surface area contributed by atoms with Crippen LogP contribution in [0.25, 0.3) is 0 Å². The second-order valence-corrected chi connectivity index (χ2v) is 8.83. The van der Waals surface area contributed by atoms with E-state index in [-0.39, 0.29) is 24.2 Å². The number of carbonyl (C=O) groups excluding carboxylic acids is 1. The van der Waals surface area contributed by atoms with Crippen molar-refractivity contribution in [3.63, 3.8) is 0 Å². The molecule has 0 radical (unpaired) electrons. The van der Waals surface area contributed by atoms with Crippen molar-refractivity contribution in [1.82, 2.24) is 5.06 Å². The fraction of sp³-hybridized carbons (Fsp3) is 0.480. The molecule has 172 valence electrons. The van der Waals surface area contributed by atoms with E-state index < -0.39 is 17.7 Å². The van der Waals surface area contributed by atoms with Gasteiger partial charge in [0.2, 0.25) is 5.91 Å². The van der Waals surface area contributed by atoms with E-state index in [1.807, 2.05) is 6.07 Å². The van der Waals surface area contributed by atoms with Crippen LogP contribution in [-0.2, 0) is 22.5 Å². The van der Waals surface area contributed by atoms with E-state index in [2.05, 4.69) is 0 Å². The molecule has 1 N–H and O–H groups in total. The average Bonchev–Trinajstić information content (AvgIpc) is 3.25. The van der Waals surface area contributed by atoms with Gasteiger partial charge in [0.05, 0.1) is 12.6 Å². The van der Waals surface area contributed by atoms with Crippen LogP contribution in [0.5, 0.6) is 0 Å². The van der Waals surface area contributed by atoms with Crippen molar-refractivity contribution in [1.29, 1.82) is 0 Å². The molecule has 4 rings (SSSR count). The minimum absolute atomic E-state index is 0.0793. The minimum Gasteiger partial charge on any atom is -0.396 e. The molecule has 2 aromatic rings. The van der Waals surface area contributed by atoms with Crippen LogP contribution in [0.2, 0.25) is 0 Å². The highest BCUT2D eigenvalue weighted by Crippen LogP contribution is 2.37. The van der Waals surface area contributed by atoms with Gasteiger partial charge in [0.15, 0.2) is 0 Å². The van der Waals surface area contributed by atoms with Crippen molar-refractivity contribution in [3.8, 4) is 0 Å². The van der Waals surface area contributed by atoms with Crippen LogP contribution in [0.15, 0.2) is 36.4 Å². The van der Waals surface area contributed by atoms with Gasteiger partial charge in [-0.2, -0.15) is 0 Å². The Labute approximate surface area is 186 Å². The topological polar surface area (TPSA) is 49.8 Å². The second-order valence-electron chi connectivity index (χ2n) is 8.83. The maximum atomic E-state index is 14.1. The number of hydrogen-bond acceptors (Lipinski definition) is 3. The summed E-state index contributed by atoms with van der Waals surface area (Å²) < 4.78 is 41.4. The van der Waals surface area contributed by atoms with Crippen LogP contribution in [0.3, 0.4) is 0 Å². The molecule has 7 heteroatoms. The first-order chi connectivity index (χ1) is 15.4. The number of nitrogens with zero attached hydrogens (tertiary/aromatic N) is 1. The lowest BCUT2D eigenvalue weighted by molar-refractivity contribution is -0.183. The predicted molar refractivity (Wildman–Crippen MR) is 113 cm³/mol. The third-order valence-electron chi connectivity index (χ3n) is 6.61. The number of rotatable bonds is 6. The van der Waals surface area contributed by atoms with Crippen molar-refractivity contribution in [2.75, 3.05) is 13.2 Å². The highest BCUT2D eigenvalue weighted by molar-refractivity contribution is 5.78. The first-order valence-corrected chi connectivity index (χ1v) is 11.2. The van der Waals surface area contributed by atoms with E-state index in [0.29, 0.717) is 49.3 Å². The number of benzene rings is 2. The summed E-state index contributed by atoms with van der Waals surface area (Å²) in [6.07, 6.45) is 4.68. The number of halogens is 3. The van der Waals surface area contributed by atoms with Crippen LogP contribution < -0.4 is 0 Å². The molecular weight excluding hydrogens is 419 g/mol. The summed E-state index contributed by atoms with van der Waals surface area (Å²) in [5, 5.41) is 10.3. The third-order valence-corrected chi connectivity index (χ3v) is 6.61. The van der Waals surface area contributed by atoms with Crippen LogP contribution in [0.4, 0.5) is 13.2 Å². The predicted octanol–water partition coefficient (Wildman–Crippen LogP) is 4.89. The van der Waals surface area contributed by atoms with Crippen LogP contribution in [-0.4, -0.2) is 29.3 Å². The zero-order valence-electron chi connectivity index (χ0n) is 17.9. The summed E-state index contributed by atoms with van der Waals surface area (Å²) in [5.74, 6) is -1.56. The van der Waals surface area contributed by atoms with Crippen molar-refractivity contribution >= 4 is 5.91 Å². The maximum absolute atomic E-state index is 14.1. The Morgan fingerprint density at radius 1 is 1.00 bits per heavy atom. The van der Waals surface area contributed by atoms with E-state index in [9.17, 15) is 18.0 Å². The molecular formula is C25H28F3NO3. The molecule has 4 nitrogen and oxygen atoms in total. The lowest BCUT2D eigenvalue weighted by Gasteiger charge is -2.32. The number of aliphatic hydroxyl groups is 1. The molecule has 1 aliphatic carbocycles. The quantitative estimate of drug-likeness (QED) is 0.686. The molecule has 0 spiro atoms. The van der Waals surface area contributed by atoms with Crippen molar-refractivity contribution in [2.45, 2.75) is 51.0 Å². The summed E-state index contributed by atoms with van der Waals surface area (Å²) in [5.41, 5.74) is 1.85. The van der Waals surface area contributed by atoms with E-state index in [4.69, 9.17) is 9.94 Å². The van der Waals surface area contributed by atoms with Crippen LogP contribution in [0, 0.1) is 29.3 Å². The van der Waals surface area contributed by atoms with Crippen molar-refractivity contribution in [2.24, 2.45) is 11.8 Å². The monoisotopic (exact) mass is 447 g/mol. The fourth-order valence-electron chi connectivity index (χ4n) is 4.92. The molecule has 2 aromatic carbocycles. The lowest BCUT2D eigenvalue weighted by atomic mass is 9.78. The smallest absolute Gasteiger partial charge is 0.249 e. The zero-order chi connectivity index (χ0) is 22.7. The Bertz CT molecular complexity index is 939. The highest BCUT2D eigenvalue weighted by atomic mass is 19.1. The van der Waals surface area contributed by atoms with Crippen LogP contribution >= 0.6 is 0 Å². The Kier molecular flexibility index (Phi) is 7.16. The first kappa shape index (κ1) is 22.8. The summed E-state index contributed by atoms with van der Waals surface area (Å²) in [6.45, 7) is 0.256. The largest absolute Gasteiger partial charge is 0.396 e. The summed E-state index contributed by atoms with van der Waals surface area (Å²) in [7, 11) is 0. The molecule has 32 heavy (non-hydrogen) atoms. The van der Waals surface area contributed by atoms with Gasteiger partial charge in [0.1, 0.15) is 17.5 Å². The Morgan fingerprint density at radius 2 is 1.72 bits per heavy atom. The van der Waals surface area contributed by atoms with E-state index >= 15 is 0 Å². The highest BCUT2D eigenvalue weighted by Gasteiger charge is 2.37. The third kappa shape index (κ3) is 5.15. The lowest BCUT2D eigenvalue weighted by Crippen LogP contribution is -2.36. The molecule has 1 aliphatic heterocycles. The number of aliphatic hydroxyl groups excluding tert-OH is 1. The molecule has 1 saturated heterocycles. The standard InChI is InChI=1S/C25H28F3NO3/c26-21-13-20(14-22(27)15-21)24-8-10-32-29(24)25(31)19-5-1-16(2-6-19)11-17-3-4-18(7-9-30)23(28)12-17/h3-4,12-16,19,24,30H,1-2,5-11H2/t16?,19?,24-/m0/s1. The van der Waals surface area contributed by atoms with Gasteiger partial charge in [0.25, 0.3) is 0 Å². The number of amides is 1. The Morgan fingerprint density at radius 3 is 2.38 bits per heavy atom. The molecule has 2 aliphatic rings. The normalized spacial score (nSPS) is 23.5. The van der Waals surface area contributed by atoms with Crippen molar-refractivity contribution < 1.29 is 27.9 Å². The molecule has 1 heterocycles. The zero-order valence-corrected chi connectivity index (χ0v) is 17.9. The summed E-state index contributed by atoms with van der Waals surface area (Å²) in [6, 6.07) is 8.03. The molecule has 2 fully saturated rings. The van der Waals surface area contributed by atoms with Gasteiger partial charge in [-0.15, -0.1) is 0 Å². The van der Waals surface area contributed by atoms with E-state index in [1.165, 1.54) is 17.2 Å². The van der Waals surface area contributed by atoms with Crippen LogP contribution in [0.1, 0.15) is 54.8 Å². The molecule has 1 saturated carbocycles. The average molecular weight is 447 g/mol. The summed E-state index contributed by atoms with van der Waals surface area (Å²) >= 11 is 0. The molecule has 0 unspecified atom stereocenters. The second kappa shape index (κ2) is 10.0. The number of carbonyl (C=O) groups is 1. The van der Waals surface area contributed by atoms with E-state index in [1.54, 1.807) is 12.1 Å². The maximum Gasteiger partial charge on any atom is 0.249 e. The van der Waals surface area contributed by atoms with Gasteiger partial charge in [0, 0.05) is 25.0 Å². The molecule has 0 bridgehead atoms. The van der Waals surface area contributed by atoms with Gasteiger partial charge < -0.3 is 5.11 Å². The van der Waals surface area contributed by atoms with Crippen molar-refractivity contribution in [3.05, 3.63) is 70.5 Å². The fourth-order valence-corrected chi connectivity index (χ4v) is 4.92. The molecule has 1 amide bonds. The number of hydrogen-bond donors (Lipinski definition) is 1.